The number of β-amino-alcohol motifs (C(OH)–C–C–N with tert-alkyl or cyclic N) is 1. The van der Waals surface area contributed by atoms with Crippen LogP contribution in [0.4, 0.5) is 0 Å². The molecule has 0 aliphatic carbocycles. The van der Waals surface area contributed by atoms with Crippen LogP contribution in [0, 0.1) is 11.8 Å². The lowest BCUT2D eigenvalue weighted by atomic mass is 9.86. The highest BCUT2D eigenvalue weighted by Crippen LogP contribution is 2.25. The fourth-order valence-electron chi connectivity index (χ4n) is 4.03. The number of rotatable bonds is 5. The van der Waals surface area contributed by atoms with Gasteiger partial charge in [-0.3, -0.25) is 4.90 Å². The van der Waals surface area contributed by atoms with E-state index in [0.717, 1.165) is 41.0 Å². The maximum Gasteiger partial charge on any atom is 0.113 e. The summed E-state index contributed by atoms with van der Waals surface area (Å²) < 4.78 is 0. The van der Waals surface area contributed by atoms with Crippen molar-refractivity contribution in [1.82, 2.24) is 9.88 Å². The number of halogens is 1. The minimum Gasteiger partial charge on any atom is -0.389 e. The Kier molecular flexibility index (Phi) is 7.82. The molecule has 1 unspecified atom stereocenters. The number of pyridine rings is 1. The highest BCUT2D eigenvalue weighted by Gasteiger charge is 2.38. The summed E-state index contributed by atoms with van der Waals surface area (Å²) >= 11 is 5.95. The third-order valence-electron chi connectivity index (χ3n) is 6.39. The van der Waals surface area contributed by atoms with Gasteiger partial charge in [0.2, 0.25) is 0 Å². The Balaban J connectivity index is 1.31. The van der Waals surface area contributed by atoms with Gasteiger partial charge in [0.1, 0.15) is 5.69 Å². The molecule has 0 bridgehead atoms. The number of aromatic nitrogens is 1. The topological polar surface area (TPSA) is 56.6 Å². The Morgan fingerprint density at radius 1 is 1.06 bits per heavy atom. The number of hydrogen-bond donors (Lipinski definition) is 2. The van der Waals surface area contributed by atoms with Gasteiger partial charge in [-0.15, -0.1) is 0 Å². The predicted molar refractivity (Wildman–Crippen MR) is 138 cm³/mol. The first-order chi connectivity index (χ1) is 16.4. The Hall–Kier alpha value is -2.94. The summed E-state index contributed by atoms with van der Waals surface area (Å²) in [4.78, 5) is 6.62. The summed E-state index contributed by atoms with van der Waals surface area (Å²) in [5.41, 5.74) is 3.90. The number of hydrogen-bond acceptors (Lipinski definition) is 4. The van der Waals surface area contributed by atoms with E-state index >= 15 is 0 Å². The fraction of sp³-hybridized carbons (Fsp3) is 0.276. The molecule has 2 atom stereocenters. The predicted octanol–water partition coefficient (Wildman–Crippen LogP) is 5.02. The maximum atomic E-state index is 10.4. The zero-order valence-electron chi connectivity index (χ0n) is 19.3. The monoisotopic (exact) mass is 472 g/mol. The van der Waals surface area contributed by atoms with Crippen LogP contribution in [0.1, 0.15) is 36.6 Å². The van der Waals surface area contributed by atoms with Crippen LogP contribution in [0.5, 0.6) is 0 Å². The van der Waals surface area contributed by atoms with Crippen LogP contribution < -0.4 is 0 Å². The van der Waals surface area contributed by atoms with Gasteiger partial charge in [0.15, 0.2) is 0 Å². The molecule has 2 N–H and O–H groups in total. The van der Waals surface area contributed by atoms with Crippen LogP contribution in [0.3, 0.4) is 0 Å². The summed E-state index contributed by atoms with van der Waals surface area (Å²) in [6, 6.07) is 19.7. The normalized spacial score (nSPS) is 20.8. The van der Waals surface area contributed by atoms with Crippen molar-refractivity contribution in [2.75, 3.05) is 19.6 Å². The average Bonchev–Trinajstić information content (AvgIpc) is 2.86. The molecule has 1 saturated heterocycles. The van der Waals surface area contributed by atoms with E-state index in [9.17, 15) is 10.2 Å². The Labute approximate surface area is 206 Å². The zero-order chi connectivity index (χ0) is 24.0. The van der Waals surface area contributed by atoms with E-state index in [2.05, 4.69) is 33.9 Å². The van der Waals surface area contributed by atoms with Crippen LogP contribution in [0.25, 0.3) is 17.2 Å². The van der Waals surface area contributed by atoms with Crippen molar-refractivity contribution in [2.24, 2.45) is 0 Å². The molecule has 34 heavy (non-hydrogen) atoms. The number of aliphatic hydroxyl groups excluding tert-OH is 1. The second kappa shape index (κ2) is 11.0. The Morgan fingerprint density at radius 3 is 2.44 bits per heavy atom. The zero-order valence-corrected chi connectivity index (χ0v) is 20.0. The molecule has 1 aliphatic rings. The summed E-state index contributed by atoms with van der Waals surface area (Å²) in [7, 11) is 0. The van der Waals surface area contributed by atoms with Gasteiger partial charge in [0, 0.05) is 42.0 Å². The second-order valence-corrected chi connectivity index (χ2v) is 9.13. The molecule has 2 aromatic carbocycles. The summed E-state index contributed by atoms with van der Waals surface area (Å²) in [5, 5.41) is 21.3. The lowest BCUT2D eigenvalue weighted by Crippen LogP contribution is -2.55. The molecular formula is C29H29ClN2O2. The third-order valence-corrected chi connectivity index (χ3v) is 6.64. The van der Waals surface area contributed by atoms with Crippen LogP contribution in [0.2, 0.25) is 5.02 Å². The third kappa shape index (κ3) is 6.14. The molecule has 4 nitrogen and oxygen atoms in total. The molecule has 0 spiro atoms. The van der Waals surface area contributed by atoms with Crippen LogP contribution in [0.15, 0.2) is 72.9 Å². The Morgan fingerprint density at radius 2 is 1.79 bits per heavy atom. The number of likely N-dealkylation sites (tertiary alicyclic amines) is 1. The van der Waals surface area contributed by atoms with E-state index in [1.807, 2.05) is 73.8 Å². The molecule has 2 heterocycles. The average molecular weight is 473 g/mol. The van der Waals surface area contributed by atoms with Crippen molar-refractivity contribution in [3.8, 4) is 23.0 Å². The number of aliphatic hydroxyl groups is 2. The molecule has 4 rings (SSSR count). The van der Waals surface area contributed by atoms with Gasteiger partial charge in [-0.1, -0.05) is 66.9 Å². The lowest BCUT2D eigenvalue weighted by Gasteiger charge is -2.41. The summed E-state index contributed by atoms with van der Waals surface area (Å²) in [5.74, 6) is 6.29. The molecule has 0 saturated carbocycles. The van der Waals surface area contributed by atoms with Crippen LogP contribution in [-0.4, -0.2) is 51.4 Å². The first-order valence-corrected chi connectivity index (χ1v) is 12.0. The van der Waals surface area contributed by atoms with E-state index in [1.54, 1.807) is 0 Å². The summed E-state index contributed by atoms with van der Waals surface area (Å²) in [6.07, 6.45) is 6.48. The maximum absolute atomic E-state index is 10.4. The van der Waals surface area contributed by atoms with Gasteiger partial charge in [-0.2, -0.15) is 0 Å². The minimum absolute atomic E-state index is 0.498. The molecule has 174 valence electrons. The van der Waals surface area contributed by atoms with E-state index in [0.29, 0.717) is 24.4 Å². The molecule has 0 amide bonds. The van der Waals surface area contributed by atoms with Crippen LogP contribution in [-0.2, 0) is 0 Å². The van der Waals surface area contributed by atoms with Crippen molar-refractivity contribution in [2.45, 2.75) is 31.5 Å². The summed E-state index contributed by atoms with van der Waals surface area (Å²) in [6.45, 7) is 3.95. The van der Waals surface area contributed by atoms with Crippen molar-refractivity contribution < 1.29 is 10.2 Å². The number of benzene rings is 2. The molecule has 1 aromatic heterocycles. The van der Waals surface area contributed by atoms with Crippen molar-refractivity contribution in [3.63, 3.8) is 0 Å². The van der Waals surface area contributed by atoms with Crippen LogP contribution >= 0.6 is 11.6 Å². The molecular weight excluding hydrogens is 444 g/mol. The molecule has 0 radical (unpaired) electrons. The molecule has 3 aromatic rings. The van der Waals surface area contributed by atoms with Crippen molar-refractivity contribution >= 4 is 17.7 Å². The van der Waals surface area contributed by atoms with E-state index < -0.39 is 11.7 Å². The van der Waals surface area contributed by atoms with Crippen molar-refractivity contribution in [3.05, 3.63) is 94.8 Å². The SMILES string of the molecule is CC[C@@]1(O)CCN(C/C=C/c2ccc(C#Cc3ccc(-c4ccc(Cl)cc4)cn3)cc2)CC1O. The first kappa shape index (κ1) is 24.2. The smallest absolute Gasteiger partial charge is 0.113 e. The molecule has 5 heteroatoms. The van der Waals surface area contributed by atoms with E-state index in [4.69, 9.17) is 11.6 Å². The number of nitrogens with zero attached hydrogens (tertiary/aromatic N) is 2. The quantitative estimate of drug-likeness (QED) is 0.512. The molecule has 1 fully saturated rings. The highest BCUT2D eigenvalue weighted by molar-refractivity contribution is 6.30. The number of piperidine rings is 1. The highest BCUT2D eigenvalue weighted by atomic mass is 35.5. The molecule has 1 aliphatic heterocycles. The van der Waals surface area contributed by atoms with E-state index in [-0.39, 0.29) is 0 Å². The lowest BCUT2D eigenvalue weighted by molar-refractivity contribution is -0.118. The van der Waals surface area contributed by atoms with Gasteiger partial charge < -0.3 is 10.2 Å². The Bertz CT molecular complexity index is 1180. The van der Waals surface area contributed by atoms with Gasteiger partial charge in [-0.05, 0) is 60.2 Å². The largest absolute Gasteiger partial charge is 0.389 e. The van der Waals surface area contributed by atoms with Gasteiger partial charge in [0.25, 0.3) is 0 Å². The van der Waals surface area contributed by atoms with E-state index in [1.165, 1.54) is 0 Å². The standard InChI is InChI=1S/C29H29ClN2O2/c1-2-29(34)17-19-32(21-28(29)33)18-3-4-22-5-7-23(8-6-22)9-15-27-16-12-25(20-31-27)24-10-13-26(30)14-11-24/h3-8,10-14,16,20,28,33-34H,2,17-19,21H2,1H3/b4-3+/t28?,29-/m1/s1. The van der Waals surface area contributed by atoms with Gasteiger partial charge >= 0.3 is 0 Å². The van der Waals surface area contributed by atoms with Gasteiger partial charge in [-0.25, -0.2) is 4.98 Å². The first-order valence-electron chi connectivity index (χ1n) is 11.6. The van der Waals surface area contributed by atoms with Gasteiger partial charge in [0.05, 0.1) is 11.7 Å². The fourth-order valence-corrected chi connectivity index (χ4v) is 4.16. The van der Waals surface area contributed by atoms with Crippen molar-refractivity contribution in [1.29, 1.82) is 0 Å². The second-order valence-electron chi connectivity index (χ2n) is 8.70. The minimum atomic E-state index is -0.939.